The average molecular weight is 269 g/mol. The number of carboxylic acid groups (broad SMARTS) is 1. The first kappa shape index (κ1) is 14.8. The van der Waals surface area contributed by atoms with Crippen LogP contribution in [0.3, 0.4) is 0 Å². The van der Waals surface area contributed by atoms with Crippen molar-refractivity contribution in [3.05, 3.63) is 0 Å². The van der Waals surface area contributed by atoms with E-state index >= 15 is 0 Å². The second-order valence-electron chi connectivity index (χ2n) is 6.65. The van der Waals surface area contributed by atoms with Crippen LogP contribution >= 0.6 is 0 Å². The van der Waals surface area contributed by atoms with E-state index in [1.165, 1.54) is 32.1 Å². The van der Waals surface area contributed by atoms with Crippen molar-refractivity contribution in [2.45, 2.75) is 64.1 Å². The predicted molar refractivity (Wildman–Crippen MR) is 74.2 cm³/mol. The molecule has 1 aliphatic carbocycles. The highest BCUT2D eigenvalue weighted by Crippen LogP contribution is 2.43. The van der Waals surface area contributed by atoms with E-state index in [4.69, 9.17) is 9.84 Å². The van der Waals surface area contributed by atoms with Gasteiger partial charge in [-0.3, -0.25) is 9.69 Å². The Morgan fingerprint density at radius 2 is 2.05 bits per heavy atom. The molecule has 1 spiro atoms. The maximum Gasteiger partial charge on any atom is 0.317 e. The molecule has 19 heavy (non-hydrogen) atoms. The summed E-state index contributed by atoms with van der Waals surface area (Å²) in [5, 5.41) is 8.99. The van der Waals surface area contributed by atoms with Gasteiger partial charge in [0.25, 0.3) is 0 Å². The van der Waals surface area contributed by atoms with Gasteiger partial charge >= 0.3 is 5.97 Å². The fourth-order valence-corrected chi connectivity index (χ4v) is 3.61. The first-order chi connectivity index (χ1) is 8.99. The standard InChI is InChI=1S/C15H27NO3/c1-12(2)9-16(11-14(17)18)10-13-5-8-15(19-13)6-3-4-7-15/h12-13H,3-11H2,1-2H3,(H,17,18). The molecular weight excluding hydrogens is 242 g/mol. The lowest BCUT2D eigenvalue weighted by atomic mass is 9.98. The molecule has 0 aromatic heterocycles. The zero-order valence-electron chi connectivity index (χ0n) is 12.2. The number of carboxylic acids is 1. The number of aliphatic carboxylic acids is 1. The summed E-state index contributed by atoms with van der Waals surface area (Å²) in [5.41, 5.74) is 0.150. The van der Waals surface area contributed by atoms with Crippen molar-refractivity contribution in [3.63, 3.8) is 0 Å². The van der Waals surface area contributed by atoms with Gasteiger partial charge in [0.15, 0.2) is 0 Å². The molecule has 110 valence electrons. The number of hydrogen-bond acceptors (Lipinski definition) is 3. The van der Waals surface area contributed by atoms with Crippen molar-refractivity contribution in [2.75, 3.05) is 19.6 Å². The molecule has 1 unspecified atom stereocenters. The van der Waals surface area contributed by atoms with Crippen molar-refractivity contribution in [1.82, 2.24) is 4.90 Å². The van der Waals surface area contributed by atoms with E-state index in [0.717, 1.165) is 19.5 Å². The maximum absolute atomic E-state index is 10.9. The molecule has 2 rings (SSSR count). The molecule has 1 aliphatic heterocycles. The Morgan fingerprint density at radius 3 is 2.63 bits per heavy atom. The summed E-state index contributed by atoms with van der Waals surface area (Å²) in [6, 6.07) is 0. The van der Waals surface area contributed by atoms with Gasteiger partial charge < -0.3 is 9.84 Å². The normalized spacial score (nSPS) is 25.8. The molecule has 2 fully saturated rings. The summed E-state index contributed by atoms with van der Waals surface area (Å²) in [5.74, 6) is -0.254. The molecule has 1 N–H and O–H groups in total. The van der Waals surface area contributed by atoms with Gasteiger partial charge in [0.05, 0.1) is 18.2 Å². The van der Waals surface area contributed by atoms with Crippen LogP contribution in [0, 0.1) is 5.92 Å². The van der Waals surface area contributed by atoms with Gasteiger partial charge in [-0.25, -0.2) is 0 Å². The van der Waals surface area contributed by atoms with Crippen molar-refractivity contribution in [3.8, 4) is 0 Å². The van der Waals surface area contributed by atoms with Crippen LogP contribution in [0.5, 0.6) is 0 Å². The molecule has 1 saturated carbocycles. The third kappa shape index (κ3) is 4.18. The minimum atomic E-state index is -0.741. The van der Waals surface area contributed by atoms with Crippen LogP contribution in [0.2, 0.25) is 0 Å². The molecule has 1 saturated heterocycles. The third-order valence-electron chi connectivity index (χ3n) is 4.30. The monoisotopic (exact) mass is 269 g/mol. The van der Waals surface area contributed by atoms with Crippen LogP contribution in [0.15, 0.2) is 0 Å². The van der Waals surface area contributed by atoms with Crippen molar-refractivity contribution in [1.29, 1.82) is 0 Å². The number of nitrogens with zero attached hydrogens (tertiary/aromatic N) is 1. The summed E-state index contributed by atoms with van der Waals surface area (Å²) in [4.78, 5) is 13.0. The van der Waals surface area contributed by atoms with E-state index in [-0.39, 0.29) is 18.2 Å². The lowest BCUT2D eigenvalue weighted by molar-refractivity contribution is -0.139. The molecule has 0 aromatic carbocycles. The molecule has 0 bridgehead atoms. The molecule has 2 aliphatic rings. The number of rotatable bonds is 6. The number of hydrogen-bond donors (Lipinski definition) is 1. The van der Waals surface area contributed by atoms with Crippen LogP contribution in [-0.2, 0) is 9.53 Å². The molecule has 0 amide bonds. The van der Waals surface area contributed by atoms with Crippen LogP contribution in [0.25, 0.3) is 0 Å². The Balaban J connectivity index is 1.85. The van der Waals surface area contributed by atoms with E-state index in [9.17, 15) is 4.79 Å². The van der Waals surface area contributed by atoms with Crippen LogP contribution < -0.4 is 0 Å². The van der Waals surface area contributed by atoms with Gasteiger partial charge in [0, 0.05) is 13.1 Å². The third-order valence-corrected chi connectivity index (χ3v) is 4.30. The van der Waals surface area contributed by atoms with Crippen LogP contribution in [0.1, 0.15) is 52.4 Å². The SMILES string of the molecule is CC(C)CN(CC(=O)O)CC1CCC2(CCCC2)O1. The summed E-state index contributed by atoms with van der Waals surface area (Å²) >= 11 is 0. The van der Waals surface area contributed by atoms with Gasteiger partial charge in [0.1, 0.15) is 0 Å². The van der Waals surface area contributed by atoms with Crippen molar-refractivity contribution in [2.24, 2.45) is 5.92 Å². The van der Waals surface area contributed by atoms with E-state index < -0.39 is 5.97 Å². The Kier molecular flexibility index (Phi) is 4.85. The Hall–Kier alpha value is -0.610. The van der Waals surface area contributed by atoms with E-state index in [2.05, 4.69) is 13.8 Å². The molecule has 1 atom stereocenters. The predicted octanol–water partition coefficient (Wildman–Crippen LogP) is 2.52. The Morgan fingerprint density at radius 1 is 1.37 bits per heavy atom. The van der Waals surface area contributed by atoms with Crippen LogP contribution in [-0.4, -0.2) is 47.3 Å². The second kappa shape index (κ2) is 6.23. The smallest absolute Gasteiger partial charge is 0.317 e. The van der Waals surface area contributed by atoms with Gasteiger partial charge in [-0.15, -0.1) is 0 Å². The number of carbonyl (C=O) groups is 1. The first-order valence-corrected chi connectivity index (χ1v) is 7.61. The largest absolute Gasteiger partial charge is 0.480 e. The molecule has 4 nitrogen and oxygen atoms in total. The fourth-order valence-electron chi connectivity index (χ4n) is 3.61. The van der Waals surface area contributed by atoms with Crippen molar-refractivity contribution < 1.29 is 14.6 Å². The second-order valence-corrected chi connectivity index (χ2v) is 6.65. The topological polar surface area (TPSA) is 49.8 Å². The van der Waals surface area contributed by atoms with Gasteiger partial charge in [-0.1, -0.05) is 26.7 Å². The quantitative estimate of drug-likeness (QED) is 0.805. The van der Waals surface area contributed by atoms with Crippen LogP contribution in [0.4, 0.5) is 0 Å². The van der Waals surface area contributed by atoms with Gasteiger partial charge in [-0.05, 0) is 31.6 Å². The Labute approximate surface area is 116 Å². The lowest BCUT2D eigenvalue weighted by Gasteiger charge is -2.28. The summed E-state index contributed by atoms with van der Waals surface area (Å²) in [6.07, 6.45) is 7.47. The average Bonchev–Trinajstić information content (AvgIpc) is 2.88. The first-order valence-electron chi connectivity index (χ1n) is 7.61. The summed E-state index contributed by atoms with van der Waals surface area (Å²) in [6.45, 7) is 5.99. The van der Waals surface area contributed by atoms with Gasteiger partial charge in [0.2, 0.25) is 0 Å². The molecule has 0 aromatic rings. The highest BCUT2D eigenvalue weighted by molar-refractivity contribution is 5.69. The maximum atomic E-state index is 10.9. The lowest BCUT2D eigenvalue weighted by Crippen LogP contribution is -2.39. The Bertz CT molecular complexity index is 311. The molecule has 4 heteroatoms. The zero-order chi connectivity index (χ0) is 13.9. The van der Waals surface area contributed by atoms with E-state index in [0.29, 0.717) is 5.92 Å². The van der Waals surface area contributed by atoms with E-state index in [1.54, 1.807) is 0 Å². The number of ether oxygens (including phenoxy) is 1. The highest BCUT2D eigenvalue weighted by Gasteiger charge is 2.42. The molecular formula is C15H27NO3. The molecule has 1 heterocycles. The zero-order valence-corrected chi connectivity index (χ0v) is 12.2. The molecule has 0 radical (unpaired) electrons. The van der Waals surface area contributed by atoms with Gasteiger partial charge in [-0.2, -0.15) is 0 Å². The van der Waals surface area contributed by atoms with E-state index in [1.807, 2.05) is 4.90 Å². The fraction of sp³-hybridized carbons (Fsp3) is 0.933. The highest BCUT2D eigenvalue weighted by atomic mass is 16.5. The van der Waals surface area contributed by atoms with Crippen molar-refractivity contribution >= 4 is 5.97 Å². The summed E-state index contributed by atoms with van der Waals surface area (Å²) < 4.78 is 6.27. The minimum absolute atomic E-state index is 0.130. The minimum Gasteiger partial charge on any atom is -0.480 e. The summed E-state index contributed by atoms with van der Waals surface area (Å²) in [7, 11) is 0.